The maximum Gasteiger partial charge on any atom is 0.330 e. The first-order chi connectivity index (χ1) is 8.72. The first-order valence-electron chi connectivity index (χ1n) is 5.94. The predicted octanol–water partition coefficient (Wildman–Crippen LogP) is 0.313. The van der Waals surface area contributed by atoms with Gasteiger partial charge in [0.15, 0.2) is 0 Å². The molecule has 112 valence electrons. The largest absolute Gasteiger partial charge is 0.756 e. The molecule has 0 fully saturated rings. The van der Waals surface area contributed by atoms with Gasteiger partial charge in [-0.15, -0.1) is 0 Å². The van der Waals surface area contributed by atoms with Crippen LogP contribution in [0.2, 0.25) is 0 Å². The normalized spacial score (nSPS) is 14.7. The third-order valence-electron chi connectivity index (χ3n) is 2.34. The number of esters is 1. The number of rotatable bonds is 10. The van der Waals surface area contributed by atoms with Gasteiger partial charge in [0.05, 0.1) is 20.7 Å². The van der Waals surface area contributed by atoms with Crippen molar-refractivity contribution in [3.8, 4) is 0 Å². The van der Waals surface area contributed by atoms with Crippen LogP contribution >= 0.6 is 7.82 Å². The molecule has 1 atom stereocenters. The van der Waals surface area contributed by atoms with E-state index >= 15 is 0 Å². The maximum atomic E-state index is 11.2. The van der Waals surface area contributed by atoms with Crippen LogP contribution in [0.25, 0.3) is 0 Å². The van der Waals surface area contributed by atoms with Gasteiger partial charge in [-0.05, 0) is 6.92 Å². The number of hydrogen-bond acceptors (Lipinski definition) is 6. The second-order valence-corrected chi connectivity index (χ2v) is 5.86. The molecule has 1 unspecified atom stereocenters. The molecule has 0 aliphatic rings. The Bertz CT molecular complexity index is 344. The standard InChI is InChI=1S/C11H22NO6P/c1-5-11(13)16-9-7-12(3,4)8-10-18-19(14,15)17-6-2/h5H,1,6-10H2,2-4H3. The van der Waals surface area contributed by atoms with Crippen molar-refractivity contribution in [3.05, 3.63) is 12.7 Å². The number of carbonyl (C=O) groups is 1. The molecule has 0 N–H and O–H groups in total. The smallest absolute Gasteiger partial charge is 0.330 e. The number of carbonyl (C=O) groups excluding carboxylic acids is 1. The third kappa shape index (κ3) is 9.81. The fraction of sp³-hybridized carbons (Fsp3) is 0.727. The zero-order chi connectivity index (χ0) is 14.9. The van der Waals surface area contributed by atoms with Crippen molar-refractivity contribution in [1.29, 1.82) is 0 Å². The van der Waals surface area contributed by atoms with E-state index < -0.39 is 13.8 Å². The molecule has 0 saturated carbocycles. The monoisotopic (exact) mass is 295 g/mol. The van der Waals surface area contributed by atoms with Crippen molar-refractivity contribution in [2.24, 2.45) is 0 Å². The lowest BCUT2D eigenvalue weighted by atomic mass is 10.4. The summed E-state index contributed by atoms with van der Waals surface area (Å²) < 4.78 is 25.6. The van der Waals surface area contributed by atoms with Gasteiger partial charge in [-0.3, -0.25) is 4.57 Å². The zero-order valence-electron chi connectivity index (χ0n) is 11.7. The van der Waals surface area contributed by atoms with E-state index in [0.717, 1.165) is 6.08 Å². The highest BCUT2D eigenvalue weighted by molar-refractivity contribution is 7.45. The van der Waals surface area contributed by atoms with Crippen LogP contribution in [0.3, 0.4) is 0 Å². The molecule has 0 amide bonds. The summed E-state index contributed by atoms with van der Waals surface area (Å²) in [6.45, 7) is 6.16. The van der Waals surface area contributed by atoms with E-state index in [1.165, 1.54) is 0 Å². The molecule has 0 saturated heterocycles. The number of quaternary nitrogens is 1. The van der Waals surface area contributed by atoms with Gasteiger partial charge in [0.2, 0.25) is 0 Å². The summed E-state index contributed by atoms with van der Waals surface area (Å²) in [4.78, 5) is 22.0. The van der Waals surface area contributed by atoms with E-state index in [9.17, 15) is 14.3 Å². The molecule has 0 heterocycles. The van der Waals surface area contributed by atoms with E-state index in [1.54, 1.807) is 6.92 Å². The lowest BCUT2D eigenvalue weighted by Crippen LogP contribution is -2.44. The molecule has 0 spiro atoms. The lowest BCUT2D eigenvalue weighted by molar-refractivity contribution is -0.890. The summed E-state index contributed by atoms with van der Waals surface area (Å²) in [6.07, 6.45) is 1.10. The van der Waals surface area contributed by atoms with Crippen LogP contribution in [0.4, 0.5) is 0 Å². The minimum absolute atomic E-state index is 0.0170. The number of nitrogens with zero attached hydrogens (tertiary/aromatic N) is 1. The van der Waals surface area contributed by atoms with Crippen molar-refractivity contribution in [3.63, 3.8) is 0 Å². The van der Waals surface area contributed by atoms with Gasteiger partial charge >= 0.3 is 5.97 Å². The highest BCUT2D eigenvalue weighted by Gasteiger charge is 2.17. The van der Waals surface area contributed by atoms with Crippen molar-refractivity contribution in [1.82, 2.24) is 0 Å². The van der Waals surface area contributed by atoms with Gasteiger partial charge in [-0.25, -0.2) is 4.79 Å². The number of likely N-dealkylation sites (N-methyl/N-ethyl adjacent to an activating group) is 1. The van der Waals surface area contributed by atoms with Gasteiger partial charge in [-0.2, -0.15) is 0 Å². The fourth-order valence-electron chi connectivity index (χ4n) is 1.16. The van der Waals surface area contributed by atoms with E-state index in [2.05, 4.69) is 11.1 Å². The average molecular weight is 295 g/mol. The first-order valence-corrected chi connectivity index (χ1v) is 7.40. The molecule has 0 bridgehead atoms. The summed E-state index contributed by atoms with van der Waals surface area (Å²) >= 11 is 0. The third-order valence-corrected chi connectivity index (χ3v) is 3.41. The molecule has 19 heavy (non-hydrogen) atoms. The summed E-state index contributed by atoms with van der Waals surface area (Å²) in [5.41, 5.74) is 0. The second-order valence-electron chi connectivity index (χ2n) is 4.45. The number of phosphoric acid groups is 1. The van der Waals surface area contributed by atoms with Crippen LogP contribution in [-0.4, -0.2) is 57.5 Å². The lowest BCUT2D eigenvalue weighted by Gasteiger charge is -2.30. The molecule has 8 heteroatoms. The van der Waals surface area contributed by atoms with Crippen LogP contribution in [0.15, 0.2) is 12.7 Å². The summed E-state index contributed by atoms with van der Waals surface area (Å²) in [5.74, 6) is -0.475. The van der Waals surface area contributed by atoms with E-state index in [1.807, 2.05) is 14.1 Å². The minimum Gasteiger partial charge on any atom is -0.756 e. The highest BCUT2D eigenvalue weighted by Crippen LogP contribution is 2.37. The average Bonchev–Trinajstić information content (AvgIpc) is 2.27. The van der Waals surface area contributed by atoms with Crippen LogP contribution in [0.1, 0.15) is 6.92 Å². The first kappa shape index (κ1) is 18.3. The zero-order valence-corrected chi connectivity index (χ0v) is 12.6. The van der Waals surface area contributed by atoms with Crippen molar-refractivity contribution in [2.75, 3.05) is 47.0 Å². The molecule has 7 nitrogen and oxygen atoms in total. The fourth-order valence-corrected chi connectivity index (χ4v) is 1.86. The van der Waals surface area contributed by atoms with Crippen LogP contribution in [0.5, 0.6) is 0 Å². The second kappa shape index (κ2) is 8.45. The molecule has 0 aromatic carbocycles. The van der Waals surface area contributed by atoms with Gasteiger partial charge in [0.25, 0.3) is 7.82 Å². The van der Waals surface area contributed by atoms with Crippen molar-refractivity contribution in [2.45, 2.75) is 6.92 Å². The minimum atomic E-state index is -4.18. The van der Waals surface area contributed by atoms with Crippen LogP contribution in [-0.2, 0) is 23.1 Å². The highest BCUT2D eigenvalue weighted by atomic mass is 31.2. The number of ether oxygens (including phenoxy) is 1. The van der Waals surface area contributed by atoms with E-state index in [4.69, 9.17) is 9.26 Å². The van der Waals surface area contributed by atoms with Crippen molar-refractivity contribution >= 4 is 13.8 Å². The summed E-state index contributed by atoms with van der Waals surface area (Å²) in [6, 6.07) is 0. The number of hydrogen-bond donors (Lipinski definition) is 0. The van der Waals surface area contributed by atoms with Gasteiger partial charge in [0.1, 0.15) is 26.3 Å². The Labute approximate surface area is 114 Å². The molecule has 0 aliphatic carbocycles. The van der Waals surface area contributed by atoms with Gasteiger partial charge < -0.3 is 23.2 Å². The van der Waals surface area contributed by atoms with Crippen molar-refractivity contribution < 1.29 is 32.5 Å². The Morgan fingerprint density at radius 2 is 1.89 bits per heavy atom. The Balaban J connectivity index is 3.93. The molecule has 0 aromatic heterocycles. The Kier molecular flexibility index (Phi) is 8.13. The molecule has 0 aromatic rings. The summed E-state index contributed by atoms with van der Waals surface area (Å²) in [7, 11) is -0.431. The van der Waals surface area contributed by atoms with Crippen LogP contribution in [0, 0.1) is 0 Å². The quantitative estimate of drug-likeness (QED) is 0.250. The molecular formula is C11H22NO6P. The Morgan fingerprint density at radius 3 is 2.42 bits per heavy atom. The van der Waals surface area contributed by atoms with E-state index in [0.29, 0.717) is 17.6 Å². The molecular weight excluding hydrogens is 273 g/mol. The molecule has 0 rings (SSSR count). The molecule has 0 radical (unpaired) electrons. The predicted molar refractivity (Wildman–Crippen MR) is 68.2 cm³/mol. The molecule has 0 aliphatic heterocycles. The van der Waals surface area contributed by atoms with Gasteiger partial charge in [0, 0.05) is 6.08 Å². The Hall–Kier alpha value is -0.720. The van der Waals surface area contributed by atoms with E-state index in [-0.39, 0.29) is 19.8 Å². The van der Waals surface area contributed by atoms with Crippen LogP contribution < -0.4 is 4.89 Å². The number of phosphoric ester groups is 1. The summed E-state index contributed by atoms with van der Waals surface area (Å²) in [5, 5.41) is 0. The Morgan fingerprint density at radius 1 is 1.32 bits per heavy atom. The topological polar surface area (TPSA) is 84.9 Å². The SMILES string of the molecule is C=CC(=O)OCC[N+](C)(C)CCOP(=O)([O-])OCC. The van der Waals surface area contributed by atoms with Gasteiger partial charge in [-0.1, -0.05) is 6.58 Å². The maximum absolute atomic E-state index is 11.2.